The molecular weight excluding hydrogens is 314 g/mol. The van der Waals surface area contributed by atoms with E-state index in [9.17, 15) is 4.79 Å². The summed E-state index contributed by atoms with van der Waals surface area (Å²) in [6.45, 7) is 15.1. The summed E-state index contributed by atoms with van der Waals surface area (Å²) in [6, 6.07) is 8.06. The molecule has 0 aliphatic carbocycles. The Morgan fingerprint density at radius 1 is 1.20 bits per heavy atom. The van der Waals surface area contributed by atoms with E-state index in [1.54, 1.807) is 0 Å². The van der Waals surface area contributed by atoms with Crippen molar-refractivity contribution in [2.75, 3.05) is 13.2 Å². The van der Waals surface area contributed by atoms with Gasteiger partial charge in [0.25, 0.3) is 0 Å². The second-order valence-corrected chi connectivity index (χ2v) is 7.04. The first-order chi connectivity index (χ1) is 11.8. The van der Waals surface area contributed by atoms with Crippen LogP contribution in [0.2, 0.25) is 0 Å². The van der Waals surface area contributed by atoms with Crippen LogP contribution < -0.4 is 5.32 Å². The maximum atomic E-state index is 12.0. The van der Waals surface area contributed by atoms with Crippen molar-refractivity contribution in [1.29, 1.82) is 0 Å². The van der Waals surface area contributed by atoms with E-state index >= 15 is 0 Å². The SMILES string of the molecule is C=C(C)c1ccc(C(C)(C)NC(=O)OCCCCOC(C)CC)cc1. The number of unbranched alkanes of at least 4 members (excludes halogenated alkanes) is 1. The first-order valence-electron chi connectivity index (χ1n) is 9.09. The minimum atomic E-state index is -0.496. The summed E-state index contributed by atoms with van der Waals surface area (Å²) < 4.78 is 10.9. The lowest BCUT2D eigenvalue weighted by Gasteiger charge is -2.26. The number of carbonyl (C=O) groups is 1. The Balaban J connectivity index is 2.35. The summed E-state index contributed by atoms with van der Waals surface area (Å²) in [6.07, 6.45) is 2.61. The van der Waals surface area contributed by atoms with Crippen LogP contribution in [0.25, 0.3) is 5.57 Å². The zero-order valence-electron chi connectivity index (χ0n) is 16.4. The average molecular weight is 347 g/mol. The van der Waals surface area contributed by atoms with Gasteiger partial charge in [0.05, 0.1) is 18.2 Å². The molecular formula is C21H33NO3. The number of hydrogen-bond acceptors (Lipinski definition) is 3. The van der Waals surface area contributed by atoms with Crippen LogP contribution in [0.4, 0.5) is 4.79 Å². The van der Waals surface area contributed by atoms with Crippen molar-refractivity contribution in [3.63, 3.8) is 0 Å². The molecule has 0 radical (unpaired) electrons. The maximum Gasteiger partial charge on any atom is 0.407 e. The lowest BCUT2D eigenvalue weighted by atomic mass is 9.93. The van der Waals surface area contributed by atoms with E-state index < -0.39 is 11.6 Å². The van der Waals surface area contributed by atoms with E-state index in [1.807, 2.05) is 45.0 Å². The number of rotatable bonds is 10. The number of amides is 1. The molecule has 140 valence electrons. The molecule has 4 nitrogen and oxygen atoms in total. The number of allylic oxidation sites excluding steroid dienone is 1. The molecule has 1 rings (SSSR count). The Morgan fingerprint density at radius 3 is 2.36 bits per heavy atom. The Kier molecular flexibility index (Phi) is 8.70. The molecule has 0 bridgehead atoms. The molecule has 0 aromatic heterocycles. The fourth-order valence-corrected chi connectivity index (χ4v) is 2.31. The highest BCUT2D eigenvalue weighted by atomic mass is 16.5. The predicted octanol–water partition coefficient (Wildman–Crippen LogP) is 5.28. The third-order valence-electron chi connectivity index (χ3n) is 4.26. The van der Waals surface area contributed by atoms with Crippen molar-refractivity contribution in [1.82, 2.24) is 5.32 Å². The van der Waals surface area contributed by atoms with Crippen LogP contribution in [0.15, 0.2) is 30.8 Å². The van der Waals surface area contributed by atoms with Gasteiger partial charge in [0, 0.05) is 6.61 Å². The molecule has 1 amide bonds. The third kappa shape index (κ3) is 7.74. The van der Waals surface area contributed by atoms with Crippen LogP contribution in [0.1, 0.15) is 65.0 Å². The van der Waals surface area contributed by atoms with Crippen LogP contribution in [-0.2, 0) is 15.0 Å². The Labute approximate surface area is 152 Å². The van der Waals surface area contributed by atoms with Crippen molar-refractivity contribution in [2.45, 2.75) is 65.5 Å². The fraction of sp³-hybridized carbons (Fsp3) is 0.571. The van der Waals surface area contributed by atoms with Crippen molar-refractivity contribution in [3.05, 3.63) is 42.0 Å². The van der Waals surface area contributed by atoms with Gasteiger partial charge in [0.1, 0.15) is 0 Å². The highest BCUT2D eigenvalue weighted by Gasteiger charge is 2.23. The molecule has 0 saturated heterocycles. The second kappa shape index (κ2) is 10.2. The minimum absolute atomic E-state index is 0.293. The van der Waals surface area contributed by atoms with Crippen LogP contribution in [0.3, 0.4) is 0 Å². The molecule has 1 atom stereocenters. The molecule has 1 N–H and O–H groups in total. The van der Waals surface area contributed by atoms with Gasteiger partial charge in [-0.05, 0) is 58.1 Å². The molecule has 0 aliphatic rings. The number of benzene rings is 1. The van der Waals surface area contributed by atoms with Gasteiger partial charge in [-0.25, -0.2) is 4.79 Å². The van der Waals surface area contributed by atoms with Gasteiger partial charge >= 0.3 is 6.09 Å². The smallest absolute Gasteiger partial charge is 0.407 e. The van der Waals surface area contributed by atoms with Crippen molar-refractivity contribution >= 4 is 11.7 Å². The standard InChI is InChI=1S/C21H33NO3/c1-7-17(4)24-14-8-9-15-25-20(23)22-21(5,6)19-12-10-18(11-13-19)16(2)3/h10-13,17H,2,7-9,14-15H2,1,3-6H3,(H,22,23). The topological polar surface area (TPSA) is 47.6 Å². The van der Waals surface area contributed by atoms with Crippen molar-refractivity contribution in [3.8, 4) is 0 Å². The third-order valence-corrected chi connectivity index (χ3v) is 4.26. The quantitative estimate of drug-likeness (QED) is 0.586. The van der Waals surface area contributed by atoms with Crippen molar-refractivity contribution < 1.29 is 14.3 Å². The zero-order chi connectivity index (χ0) is 18.9. The van der Waals surface area contributed by atoms with Gasteiger partial charge in [-0.2, -0.15) is 0 Å². The van der Waals surface area contributed by atoms with Gasteiger partial charge in [-0.15, -0.1) is 0 Å². The molecule has 0 heterocycles. The maximum absolute atomic E-state index is 12.0. The number of hydrogen-bond donors (Lipinski definition) is 1. The Morgan fingerprint density at radius 2 is 1.80 bits per heavy atom. The van der Waals surface area contributed by atoms with Gasteiger partial charge in [-0.1, -0.05) is 43.3 Å². The molecule has 1 aromatic carbocycles. The minimum Gasteiger partial charge on any atom is -0.450 e. The summed E-state index contributed by atoms with van der Waals surface area (Å²) in [5.74, 6) is 0. The summed E-state index contributed by atoms with van der Waals surface area (Å²) in [5, 5.41) is 2.92. The Hall–Kier alpha value is -1.81. The van der Waals surface area contributed by atoms with Crippen LogP contribution >= 0.6 is 0 Å². The van der Waals surface area contributed by atoms with Gasteiger partial charge in [-0.3, -0.25) is 0 Å². The van der Waals surface area contributed by atoms with E-state index in [0.29, 0.717) is 19.3 Å². The summed E-state index contributed by atoms with van der Waals surface area (Å²) in [4.78, 5) is 12.0. The van der Waals surface area contributed by atoms with Gasteiger partial charge < -0.3 is 14.8 Å². The lowest BCUT2D eigenvalue weighted by molar-refractivity contribution is 0.0570. The molecule has 25 heavy (non-hydrogen) atoms. The molecule has 0 fully saturated rings. The fourth-order valence-electron chi connectivity index (χ4n) is 2.31. The first-order valence-corrected chi connectivity index (χ1v) is 9.09. The molecule has 0 spiro atoms. The molecule has 0 saturated carbocycles. The van der Waals surface area contributed by atoms with Crippen LogP contribution in [-0.4, -0.2) is 25.4 Å². The summed E-state index contributed by atoms with van der Waals surface area (Å²) in [7, 11) is 0. The number of alkyl carbamates (subject to hydrolysis) is 1. The monoisotopic (exact) mass is 347 g/mol. The molecule has 1 aromatic rings. The van der Waals surface area contributed by atoms with E-state index in [0.717, 1.165) is 36.0 Å². The number of carbonyl (C=O) groups excluding carboxylic acids is 1. The number of nitrogens with one attached hydrogen (secondary N) is 1. The number of ether oxygens (including phenoxy) is 2. The van der Waals surface area contributed by atoms with E-state index in [2.05, 4.69) is 25.7 Å². The highest BCUT2D eigenvalue weighted by Crippen LogP contribution is 2.22. The predicted molar refractivity (Wildman–Crippen MR) is 104 cm³/mol. The lowest BCUT2D eigenvalue weighted by Crippen LogP contribution is -2.41. The van der Waals surface area contributed by atoms with E-state index in [-0.39, 0.29) is 0 Å². The van der Waals surface area contributed by atoms with Crippen LogP contribution in [0, 0.1) is 0 Å². The summed E-state index contributed by atoms with van der Waals surface area (Å²) in [5.41, 5.74) is 2.65. The largest absolute Gasteiger partial charge is 0.450 e. The molecule has 1 unspecified atom stereocenters. The zero-order valence-corrected chi connectivity index (χ0v) is 16.4. The molecule has 0 aliphatic heterocycles. The average Bonchev–Trinajstić information content (AvgIpc) is 2.57. The highest BCUT2D eigenvalue weighted by molar-refractivity contribution is 5.68. The molecule has 4 heteroatoms. The first kappa shape index (κ1) is 21.2. The van der Waals surface area contributed by atoms with Crippen molar-refractivity contribution in [2.24, 2.45) is 0 Å². The van der Waals surface area contributed by atoms with Gasteiger partial charge in [0.15, 0.2) is 0 Å². The van der Waals surface area contributed by atoms with E-state index in [4.69, 9.17) is 9.47 Å². The Bertz CT molecular complexity index is 549. The van der Waals surface area contributed by atoms with Crippen LogP contribution in [0.5, 0.6) is 0 Å². The normalized spacial score (nSPS) is 12.5. The second-order valence-electron chi connectivity index (χ2n) is 7.04. The van der Waals surface area contributed by atoms with E-state index in [1.165, 1.54) is 0 Å². The van der Waals surface area contributed by atoms with Gasteiger partial charge in [0.2, 0.25) is 0 Å². The summed E-state index contributed by atoms with van der Waals surface area (Å²) >= 11 is 0.